The van der Waals surface area contributed by atoms with E-state index in [1.165, 1.54) is 11.3 Å². The fourth-order valence-corrected chi connectivity index (χ4v) is 4.10. The Morgan fingerprint density at radius 3 is 2.67 bits per heavy atom. The maximum absolute atomic E-state index is 12.1. The van der Waals surface area contributed by atoms with Crippen molar-refractivity contribution in [3.05, 3.63) is 33.8 Å². The molecular weight excluding hydrogens is 445 g/mol. The van der Waals surface area contributed by atoms with Crippen LogP contribution in [0.15, 0.2) is 23.2 Å². The number of carbonyl (C=O) groups is 1. The monoisotopic (exact) mass is 469 g/mol. The highest BCUT2D eigenvalue weighted by Crippen LogP contribution is 2.31. The zero-order valence-corrected chi connectivity index (χ0v) is 19.7. The lowest BCUT2D eigenvalue weighted by molar-refractivity contribution is 0.0448. The Labute approximate surface area is 190 Å². The van der Waals surface area contributed by atoms with Crippen LogP contribution < -0.4 is 10.2 Å². The summed E-state index contributed by atoms with van der Waals surface area (Å²) in [6.07, 6.45) is 2.81. The van der Waals surface area contributed by atoms with E-state index in [-0.39, 0.29) is 11.6 Å². The summed E-state index contributed by atoms with van der Waals surface area (Å²) in [6, 6.07) is 5.38. The van der Waals surface area contributed by atoms with Gasteiger partial charge in [0.25, 0.3) is 0 Å². The number of aromatic nitrogens is 2. The molecule has 0 aliphatic carbocycles. The number of benzene rings is 1. The number of nitrogens with zero attached hydrogens (tertiary/aromatic N) is 4. The van der Waals surface area contributed by atoms with E-state index in [2.05, 4.69) is 25.4 Å². The largest absolute Gasteiger partial charge is 0.444 e. The van der Waals surface area contributed by atoms with E-state index in [1.54, 1.807) is 12.3 Å². The number of halogens is 2. The van der Waals surface area contributed by atoms with Crippen molar-refractivity contribution in [2.24, 2.45) is 4.99 Å². The maximum Gasteiger partial charge on any atom is 0.408 e. The smallest absolute Gasteiger partial charge is 0.408 e. The van der Waals surface area contributed by atoms with Crippen LogP contribution in [0.5, 0.6) is 0 Å². The summed E-state index contributed by atoms with van der Waals surface area (Å²) in [5.74, 6) is 0. The summed E-state index contributed by atoms with van der Waals surface area (Å²) in [4.78, 5) is 18.6. The number of amides is 1. The van der Waals surface area contributed by atoms with Gasteiger partial charge in [0.2, 0.25) is 10.3 Å². The van der Waals surface area contributed by atoms with E-state index in [0.29, 0.717) is 15.2 Å². The van der Waals surface area contributed by atoms with Crippen LogP contribution in [0.2, 0.25) is 10.0 Å². The van der Waals surface area contributed by atoms with Crippen LogP contribution in [0.3, 0.4) is 0 Å². The zero-order valence-electron chi connectivity index (χ0n) is 17.4. The number of hydrogen-bond acceptors (Lipinski definition) is 7. The highest BCUT2D eigenvalue weighted by atomic mass is 35.5. The molecule has 0 spiro atoms. The van der Waals surface area contributed by atoms with Gasteiger partial charge in [-0.3, -0.25) is 0 Å². The van der Waals surface area contributed by atoms with Crippen molar-refractivity contribution in [2.45, 2.75) is 51.7 Å². The molecule has 1 N–H and O–H groups in total. The minimum Gasteiger partial charge on any atom is -0.444 e. The highest BCUT2D eigenvalue weighted by molar-refractivity contribution is 7.18. The van der Waals surface area contributed by atoms with E-state index < -0.39 is 5.60 Å². The van der Waals surface area contributed by atoms with E-state index in [0.717, 1.165) is 36.6 Å². The van der Waals surface area contributed by atoms with Gasteiger partial charge in [-0.1, -0.05) is 46.7 Å². The van der Waals surface area contributed by atoms with E-state index in [1.807, 2.05) is 39.8 Å². The van der Waals surface area contributed by atoms with Crippen LogP contribution in [0, 0.1) is 0 Å². The number of rotatable bonds is 4. The summed E-state index contributed by atoms with van der Waals surface area (Å²) in [6.45, 7) is 9.11. The summed E-state index contributed by atoms with van der Waals surface area (Å²) in [5.41, 5.74) is -0.101. The highest BCUT2D eigenvalue weighted by Gasteiger charge is 2.34. The Hall–Kier alpha value is -1.90. The van der Waals surface area contributed by atoms with Crippen molar-refractivity contribution in [3.8, 4) is 0 Å². The van der Waals surface area contributed by atoms with Gasteiger partial charge in [-0.05, 0) is 46.6 Å². The minimum atomic E-state index is -0.514. The number of ether oxygens (including phenoxy) is 1. The van der Waals surface area contributed by atoms with Crippen LogP contribution in [-0.4, -0.2) is 46.7 Å². The summed E-state index contributed by atoms with van der Waals surface area (Å²) in [7, 11) is 0. The summed E-state index contributed by atoms with van der Waals surface area (Å²) in [5, 5.41) is 13.7. The Morgan fingerprint density at radius 1 is 1.30 bits per heavy atom. The molecule has 2 heterocycles. The SMILES string of the molecule is CC1(NC(=O)OC(C)(C)C)CCN(c2nnc(/N=C/c3cccc(Cl)c3Cl)s2)CC1. The van der Waals surface area contributed by atoms with E-state index >= 15 is 0 Å². The molecule has 1 aliphatic rings. The molecule has 1 saturated heterocycles. The van der Waals surface area contributed by atoms with Gasteiger partial charge in [0.05, 0.1) is 10.0 Å². The second-order valence-electron chi connectivity index (χ2n) is 8.44. The molecule has 1 aromatic heterocycles. The molecule has 10 heteroatoms. The first-order valence-electron chi connectivity index (χ1n) is 9.62. The maximum atomic E-state index is 12.1. The Morgan fingerprint density at radius 2 is 2.00 bits per heavy atom. The topological polar surface area (TPSA) is 79.7 Å². The zero-order chi connectivity index (χ0) is 21.9. The van der Waals surface area contributed by atoms with Gasteiger partial charge >= 0.3 is 6.09 Å². The lowest BCUT2D eigenvalue weighted by Gasteiger charge is -2.39. The average molecular weight is 470 g/mol. The number of carbonyl (C=O) groups excluding carboxylic acids is 1. The molecule has 0 radical (unpaired) electrons. The Bertz CT molecular complexity index is 934. The molecule has 2 aromatic rings. The second-order valence-corrected chi connectivity index (χ2v) is 10.2. The van der Waals surface area contributed by atoms with Crippen molar-refractivity contribution in [2.75, 3.05) is 18.0 Å². The predicted molar refractivity (Wildman–Crippen MR) is 123 cm³/mol. The van der Waals surface area contributed by atoms with Gasteiger partial charge in [0.1, 0.15) is 5.60 Å². The standard InChI is InChI=1S/C20H25Cl2N5O2S/c1-19(2,3)29-18(28)24-20(4)8-10-27(11-9-20)17-26-25-16(30-17)23-12-13-6-5-7-14(21)15(13)22/h5-7,12H,8-11H2,1-4H3,(H,24,28)/b23-12+. The first-order chi connectivity index (χ1) is 14.0. The molecule has 1 fully saturated rings. The lowest BCUT2D eigenvalue weighted by Crippen LogP contribution is -2.54. The van der Waals surface area contributed by atoms with Gasteiger partial charge in [-0.25, -0.2) is 9.79 Å². The van der Waals surface area contributed by atoms with E-state index in [4.69, 9.17) is 27.9 Å². The van der Waals surface area contributed by atoms with Crippen LogP contribution >= 0.6 is 34.5 Å². The fraction of sp³-hybridized carbons (Fsp3) is 0.500. The number of aliphatic imine (C=N–C) groups is 1. The molecule has 0 bridgehead atoms. The molecule has 0 saturated carbocycles. The lowest BCUT2D eigenvalue weighted by atomic mass is 9.90. The number of hydrogen-bond donors (Lipinski definition) is 1. The molecular formula is C20H25Cl2N5O2S. The number of nitrogens with one attached hydrogen (secondary N) is 1. The van der Waals surface area contributed by atoms with Gasteiger partial charge in [-0.15, -0.1) is 10.2 Å². The average Bonchev–Trinajstić information content (AvgIpc) is 3.10. The first-order valence-corrected chi connectivity index (χ1v) is 11.2. The van der Waals surface area contributed by atoms with Gasteiger partial charge < -0.3 is 15.0 Å². The van der Waals surface area contributed by atoms with Crippen molar-refractivity contribution >= 4 is 57.1 Å². The van der Waals surface area contributed by atoms with Gasteiger partial charge in [-0.2, -0.15) is 0 Å². The molecule has 30 heavy (non-hydrogen) atoms. The van der Waals surface area contributed by atoms with Gasteiger partial charge in [0, 0.05) is 30.4 Å². The molecule has 1 aromatic carbocycles. The number of anilines is 1. The minimum absolute atomic E-state index is 0.312. The normalized spacial score (nSPS) is 16.7. The molecule has 162 valence electrons. The van der Waals surface area contributed by atoms with Crippen molar-refractivity contribution in [1.82, 2.24) is 15.5 Å². The molecule has 0 unspecified atom stereocenters. The van der Waals surface area contributed by atoms with Gasteiger partial charge in [0.15, 0.2) is 0 Å². The summed E-state index contributed by atoms with van der Waals surface area (Å²) >= 11 is 13.6. The Kier molecular flexibility index (Phi) is 6.89. The van der Waals surface area contributed by atoms with Crippen LogP contribution in [-0.2, 0) is 4.74 Å². The van der Waals surface area contributed by atoms with Crippen LogP contribution in [0.25, 0.3) is 0 Å². The van der Waals surface area contributed by atoms with Crippen molar-refractivity contribution in [3.63, 3.8) is 0 Å². The van der Waals surface area contributed by atoms with Crippen LogP contribution in [0.1, 0.15) is 46.1 Å². The number of alkyl carbamates (subject to hydrolysis) is 1. The summed E-state index contributed by atoms with van der Waals surface area (Å²) < 4.78 is 5.38. The van der Waals surface area contributed by atoms with Crippen molar-refractivity contribution in [1.29, 1.82) is 0 Å². The molecule has 3 rings (SSSR count). The fourth-order valence-electron chi connectivity index (χ4n) is 3.00. The van der Waals surface area contributed by atoms with Crippen LogP contribution in [0.4, 0.5) is 15.1 Å². The third-order valence-corrected chi connectivity index (χ3v) is 6.37. The molecule has 1 aliphatic heterocycles. The molecule has 1 amide bonds. The third-order valence-electron chi connectivity index (χ3n) is 4.64. The second kappa shape index (κ2) is 9.08. The quantitative estimate of drug-likeness (QED) is 0.599. The number of piperidine rings is 1. The Balaban J connectivity index is 1.58. The predicted octanol–water partition coefficient (Wildman–Crippen LogP) is 5.48. The third kappa shape index (κ3) is 6.06. The van der Waals surface area contributed by atoms with Crippen molar-refractivity contribution < 1.29 is 9.53 Å². The van der Waals surface area contributed by atoms with E-state index in [9.17, 15) is 4.79 Å². The first kappa shape index (κ1) is 22.8. The molecule has 0 atom stereocenters. The molecule has 7 nitrogen and oxygen atoms in total.